The fourth-order valence-electron chi connectivity index (χ4n) is 2.76. The van der Waals surface area contributed by atoms with E-state index >= 15 is 0 Å². The van der Waals surface area contributed by atoms with Gasteiger partial charge < -0.3 is 15.1 Å². The number of carboxylic acids is 2. The highest BCUT2D eigenvalue weighted by Crippen LogP contribution is 2.25. The quantitative estimate of drug-likeness (QED) is 0.754. The molecular formula is C13H23NO4. The van der Waals surface area contributed by atoms with Crippen molar-refractivity contribution in [1.29, 1.82) is 0 Å². The second-order valence-electron chi connectivity index (χ2n) is 5.33. The monoisotopic (exact) mass is 257 g/mol. The zero-order chi connectivity index (χ0) is 13.7. The van der Waals surface area contributed by atoms with Crippen LogP contribution in [0.5, 0.6) is 0 Å². The molecule has 0 saturated carbocycles. The molecular weight excluding hydrogens is 234 g/mol. The molecule has 3 unspecified atom stereocenters. The second-order valence-corrected chi connectivity index (χ2v) is 5.33. The van der Waals surface area contributed by atoms with E-state index in [2.05, 4.69) is 18.7 Å². The molecule has 1 fully saturated rings. The van der Waals surface area contributed by atoms with Crippen LogP contribution in [-0.2, 0) is 9.59 Å². The van der Waals surface area contributed by atoms with Crippen molar-refractivity contribution in [3.05, 3.63) is 0 Å². The van der Waals surface area contributed by atoms with Crippen LogP contribution in [-0.4, -0.2) is 46.7 Å². The van der Waals surface area contributed by atoms with Crippen LogP contribution in [0.4, 0.5) is 0 Å². The van der Waals surface area contributed by atoms with Crippen molar-refractivity contribution in [2.75, 3.05) is 19.6 Å². The molecule has 5 nitrogen and oxygen atoms in total. The molecule has 0 radical (unpaired) electrons. The minimum Gasteiger partial charge on any atom is -0.481 e. The third kappa shape index (κ3) is 3.98. The number of rotatable bonds is 6. The average Bonchev–Trinajstić information content (AvgIpc) is 2.28. The van der Waals surface area contributed by atoms with Crippen LogP contribution in [0.1, 0.15) is 33.1 Å². The van der Waals surface area contributed by atoms with Gasteiger partial charge in [0, 0.05) is 13.1 Å². The third-order valence-corrected chi connectivity index (χ3v) is 3.68. The predicted octanol–water partition coefficient (Wildman–Crippen LogP) is 1.53. The zero-order valence-electron chi connectivity index (χ0n) is 11.1. The van der Waals surface area contributed by atoms with Crippen molar-refractivity contribution < 1.29 is 19.8 Å². The Hall–Kier alpha value is -1.10. The summed E-state index contributed by atoms with van der Waals surface area (Å²) >= 11 is 0. The van der Waals surface area contributed by atoms with Crippen molar-refractivity contribution in [3.63, 3.8) is 0 Å². The molecule has 2 N–H and O–H groups in total. The average molecular weight is 257 g/mol. The molecule has 1 saturated heterocycles. The maximum absolute atomic E-state index is 11.1. The molecule has 0 aromatic heterocycles. The number of hydrogen-bond acceptors (Lipinski definition) is 3. The first-order chi connectivity index (χ1) is 8.45. The number of aliphatic carboxylic acids is 2. The molecule has 0 bridgehead atoms. The van der Waals surface area contributed by atoms with Gasteiger partial charge in [-0.1, -0.05) is 20.3 Å². The highest BCUT2D eigenvalue weighted by Gasteiger charge is 2.38. The Balaban J connectivity index is 2.57. The van der Waals surface area contributed by atoms with Crippen molar-refractivity contribution in [2.24, 2.45) is 17.8 Å². The van der Waals surface area contributed by atoms with E-state index in [9.17, 15) is 9.59 Å². The van der Waals surface area contributed by atoms with Gasteiger partial charge in [0.25, 0.3) is 0 Å². The van der Waals surface area contributed by atoms with Crippen LogP contribution in [0.3, 0.4) is 0 Å². The van der Waals surface area contributed by atoms with Crippen LogP contribution in [0.25, 0.3) is 0 Å². The first-order valence-electron chi connectivity index (χ1n) is 6.63. The lowest BCUT2D eigenvalue weighted by Gasteiger charge is -2.35. The van der Waals surface area contributed by atoms with Crippen molar-refractivity contribution >= 4 is 11.9 Å². The molecule has 0 spiro atoms. The Morgan fingerprint density at radius 1 is 1.28 bits per heavy atom. The van der Waals surface area contributed by atoms with Crippen LogP contribution in [0.2, 0.25) is 0 Å². The number of carbonyl (C=O) groups is 2. The second kappa shape index (κ2) is 6.73. The van der Waals surface area contributed by atoms with Crippen LogP contribution in [0.15, 0.2) is 0 Å². The lowest BCUT2D eigenvalue weighted by Crippen LogP contribution is -2.47. The topological polar surface area (TPSA) is 77.8 Å². The van der Waals surface area contributed by atoms with Gasteiger partial charge in [0.05, 0.1) is 11.8 Å². The van der Waals surface area contributed by atoms with E-state index in [1.807, 2.05) is 0 Å². The summed E-state index contributed by atoms with van der Waals surface area (Å²) in [4.78, 5) is 24.3. The molecule has 5 heteroatoms. The lowest BCUT2D eigenvalue weighted by molar-refractivity contribution is -0.157. The molecule has 1 aliphatic heterocycles. The molecule has 1 rings (SSSR count). The Morgan fingerprint density at radius 3 is 2.39 bits per heavy atom. The summed E-state index contributed by atoms with van der Waals surface area (Å²) in [5.41, 5.74) is 0. The van der Waals surface area contributed by atoms with Crippen molar-refractivity contribution in [3.8, 4) is 0 Å². The summed E-state index contributed by atoms with van der Waals surface area (Å²) in [6.45, 7) is 6.20. The van der Waals surface area contributed by atoms with E-state index < -0.39 is 23.8 Å². The number of carboxylic acid groups (broad SMARTS) is 2. The van der Waals surface area contributed by atoms with Crippen LogP contribution < -0.4 is 0 Å². The fourth-order valence-corrected chi connectivity index (χ4v) is 2.76. The molecule has 0 amide bonds. The van der Waals surface area contributed by atoms with Crippen LogP contribution >= 0.6 is 0 Å². The van der Waals surface area contributed by atoms with E-state index in [4.69, 9.17) is 10.2 Å². The number of piperidine rings is 1. The van der Waals surface area contributed by atoms with E-state index in [0.29, 0.717) is 25.4 Å². The molecule has 0 aliphatic carbocycles. The summed E-state index contributed by atoms with van der Waals surface area (Å²) < 4.78 is 0. The van der Waals surface area contributed by atoms with Crippen molar-refractivity contribution in [1.82, 2.24) is 4.90 Å². The minimum absolute atomic E-state index is 0.361. The summed E-state index contributed by atoms with van der Waals surface area (Å²) in [7, 11) is 0. The number of likely N-dealkylation sites (tertiary alicyclic amines) is 1. The van der Waals surface area contributed by atoms with Gasteiger partial charge in [-0.2, -0.15) is 0 Å². The van der Waals surface area contributed by atoms with Gasteiger partial charge >= 0.3 is 11.9 Å². The molecule has 1 heterocycles. The smallest absolute Gasteiger partial charge is 0.308 e. The predicted molar refractivity (Wildman–Crippen MR) is 67.4 cm³/mol. The minimum atomic E-state index is -0.991. The first-order valence-corrected chi connectivity index (χ1v) is 6.63. The zero-order valence-corrected chi connectivity index (χ0v) is 11.1. The Morgan fingerprint density at radius 2 is 1.89 bits per heavy atom. The van der Waals surface area contributed by atoms with E-state index in [1.165, 1.54) is 0 Å². The molecule has 1 aliphatic rings. The first kappa shape index (κ1) is 15.0. The van der Waals surface area contributed by atoms with Gasteiger partial charge in [-0.15, -0.1) is 0 Å². The molecule has 18 heavy (non-hydrogen) atoms. The van der Waals surface area contributed by atoms with Gasteiger partial charge in [-0.25, -0.2) is 0 Å². The summed E-state index contributed by atoms with van der Waals surface area (Å²) in [6, 6.07) is 0. The number of nitrogens with zero attached hydrogens (tertiary/aromatic N) is 1. The summed E-state index contributed by atoms with van der Waals surface area (Å²) in [6.07, 6.45) is 2.68. The third-order valence-electron chi connectivity index (χ3n) is 3.68. The van der Waals surface area contributed by atoms with Crippen LogP contribution in [0, 0.1) is 17.8 Å². The summed E-state index contributed by atoms with van der Waals surface area (Å²) in [5, 5.41) is 18.2. The Labute approximate surface area is 108 Å². The summed E-state index contributed by atoms with van der Waals surface area (Å²) in [5.74, 6) is -2.95. The standard InChI is InChI=1S/C13H23NO4/c1-3-4-9(2)7-14-6-5-10(12(15)16)11(8-14)13(17)18/h9-11H,3-8H2,1-2H3,(H,15,16)(H,17,18). The van der Waals surface area contributed by atoms with E-state index in [1.54, 1.807) is 0 Å². The van der Waals surface area contributed by atoms with Gasteiger partial charge in [0.15, 0.2) is 0 Å². The maximum atomic E-state index is 11.1. The Bertz CT molecular complexity index is 305. The molecule has 0 aromatic rings. The van der Waals surface area contributed by atoms with Gasteiger partial charge in [-0.3, -0.25) is 9.59 Å². The number of hydrogen-bond donors (Lipinski definition) is 2. The molecule has 0 aromatic carbocycles. The van der Waals surface area contributed by atoms with E-state index in [-0.39, 0.29) is 0 Å². The lowest BCUT2D eigenvalue weighted by atomic mass is 9.85. The van der Waals surface area contributed by atoms with Gasteiger partial charge in [0.2, 0.25) is 0 Å². The highest BCUT2D eigenvalue weighted by atomic mass is 16.4. The SMILES string of the molecule is CCCC(C)CN1CCC(C(=O)O)C(C(=O)O)C1. The maximum Gasteiger partial charge on any atom is 0.308 e. The highest BCUT2D eigenvalue weighted by molar-refractivity contribution is 5.80. The van der Waals surface area contributed by atoms with Gasteiger partial charge in [-0.05, 0) is 25.3 Å². The molecule has 104 valence electrons. The van der Waals surface area contributed by atoms with E-state index in [0.717, 1.165) is 19.4 Å². The Kier molecular flexibility index (Phi) is 5.59. The van der Waals surface area contributed by atoms with Gasteiger partial charge in [0.1, 0.15) is 0 Å². The fraction of sp³-hybridized carbons (Fsp3) is 0.846. The van der Waals surface area contributed by atoms with Crippen molar-refractivity contribution in [2.45, 2.75) is 33.1 Å². The largest absolute Gasteiger partial charge is 0.481 e. The molecule has 3 atom stereocenters. The normalized spacial score (nSPS) is 26.8.